The first-order chi connectivity index (χ1) is 15.5. The van der Waals surface area contributed by atoms with Gasteiger partial charge in [-0.15, -0.1) is 0 Å². The largest absolute Gasteiger partial charge is 0.497 e. The van der Waals surface area contributed by atoms with Gasteiger partial charge in [0.05, 0.1) is 13.3 Å². The Morgan fingerprint density at radius 1 is 1.16 bits per heavy atom. The number of hydrogen-bond acceptors (Lipinski definition) is 5. The summed E-state index contributed by atoms with van der Waals surface area (Å²) in [5, 5.41) is 11.3. The summed E-state index contributed by atoms with van der Waals surface area (Å²) in [5.41, 5.74) is 3.51. The van der Waals surface area contributed by atoms with Crippen LogP contribution in [0.3, 0.4) is 0 Å². The first kappa shape index (κ1) is 20.3. The molecule has 2 aromatic carbocycles. The second kappa shape index (κ2) is 8.16. The van der Waals surface area contributed by atoms with Gasteiger partial charge in [0.25, 0.3) is 5.91 Å². The van der Waals surface area contributed by atoms with E-state index in [0.717, 1.165) is 29.9 Å². The first-order valence-electron chi connectivity index (χ1n) is 10.4. The Kier molecular flexibility index (Phi) is 5.19. The number of Topliss-reactive ketones (excluding diaryl/α,β-unsaturated/α-hetero) is 1. The highest BCUT2D eigenvalue weighted by molar-refractivity contribution is 6.30. The van der Waals surface area contributed by atoms with Crippen molar-refractivity contribution in [1.82, 2.24) is 9.78 Å². The molecule has 162 valence electrons. The molecule has 32 heavy (non-hydrogen) atoms. The number of carbonyl (C=O) groups excluding carboxylic acids is 2. The van der Waals surface area contributed by atoms with Gasteiger partial charge in [0, 0.05) is 28.4 Å². The zero-order chi connectivity index (χ0) is 22.2. The molecule has 8 heteroatoms. The average Bonchev–Trinajstić information content (AvgIpc) is 3.23. The highest BCUT2D eigenvalue weighted by atomic mass is 35.5. The number of nitrogens with one attached hydrogen (secondary N) is 2. The van der Waals surface area contributed by atoms with Crippen LogP contribution in [0.5, 0.6) is 5.75 Å². The number of fused-ring (bicyclic) bond motifs is 1. The van der Waals surface area contributed by atoms with Gasteiger partial charge in [-0.05, 0) is 54.8 Å². The van der Waals surface area contributed by atoms with Crippen LogP contribution < -0.4 is 15.4 Å². The lowest BCUT2D eigenvalue weighted by Gasteiger charge is -2.33. The minimum atomic E-state index is -0.406. The fourth-order valence-corrected chi connectivity index (χ4v) is 4.38. The summed E-state index contributed by atoms with van der Waals surface area (Å²) in [7, 11) is 1.61. The van der Waals surface area contributed by atoms with Crippen molar-refractivity contribution in [2.45, 2.75) is 25.3 Å². The van der Waals surface area contributed by atoms with E-state index in [2.05, 4.69) is 15.7 Å². The number of allylic oxidation sites excluding steroid dienone is 2. The number of ketones is 1. The van der Waals surface area contributed by atoms with Crippen molar-refractivity contribution in [2.24, 2.45) is 0 Å². The molecule has 2 N–H and O–H groups in total. The maximum Gasteiger partial charge on any atom is 0.261 e. The summed E-state index contributed by atoms with van der Waals surface area (Å²) in [6.45, 7) is 0. The monoisotopic (exact) mass is 448 g/mol. The Hall–Kier alpha value is -3.58. The lowest BCUT2D eigenvalue weighted by molar-refractivity contribution is -0.116. The lowest BCUT2D eigenvalue weighted by atomic mass is 9.85. The number of benzene rings is 2. The predicted octanol–water partition coefficient (Wildman–Crippen LogP) is 4.82. The van der Waals surface area contributed by atoms with Gasteiger partial charge in [-0.1, -0.05) is 23.7 Å². The summed E-state index contributed by atoms with van der Waals surface area (Å²) >= 11 is 5.94. The van der Waals surface area contributed by atoms with Crippen molar-refractivity contribution in [3.8, 4) is 5.75 Å². The molecule has 0 bridgehead atoms. The normalized spacial score (nSPS) is 17.3. The van der Waals surface area contributed by atoms with Crippen LogP contribution in [0, 0.1) is 0 Å². The van der Waals surface area contributed by atoms with Crippen LogP contribution >= 0.6 is 11.6 Å². The second-order valence-corrected chi connectivity index (χ2v) is 8.22. The number of carbonyl (C=O) groups is 2. The topological polar surface area (TPSA) is 85.2 Å². The fraction of sp³-hybridized carbons (Fsp3) is 0.208. The molecule has 0 saturated carbocycles. The van der Waals surface area contributed by atoms with E-state index in [1.54, 1.807) is 36.1 Å². The van der Waals surface area contributed by atoms with Crippen molar-refractivity contribution in [1.29, 1.82) is 0 Å². The number of hydrogen-bond donors (Lipinski definition) is 2. The van der Waals surface area contributed by atoms with E-state index in [4.69, 9.17) is 16.3 Å². The van der Waals surface area contributed by atoms with E-state index in [1.807, 2.05) is 24.3 Å². The molecule has 5 rings (SSSR count). The number of halogens is 1. The highest BCUT2D eigenvalue weighted by Crippen LogP contribution is 2.41. The molecule has 1 aliphatic carbocycles. The van der Waals surface area contributed by atoms with E-state index in [0.29, 0.717) is 34.1 Å². The number of nitrogens with zero attached hydrogens (tertiary/aromatic N) is 2. The molecule has 0 radical (unpaired) electrons. The maximum atomic E-state index is 13.0. The molecule has 2 aliphatic rings. The summed E-state index contributed by atoms with van der Waals surface area (Å²) in [4.78, 5) is 25.9. The predicted molar refractivity (Wildman–Crippen MR) is 122 cm³/mol. The van der Waals surface area contributed by atoms with Crippen molar-refractivity contribution < 1.29 is 14.3 Å². The molecule has 1 atom stereocenters. The zero-order valence-electron chi connectivity index (χ0n) is 17.4. The van der Waals surface area contributed by atoms with E-state index in [9.17, 15) is 9.59 Å². The van der Waals surface area contributed by atoms with Crippen LogP contribution in [-0.4, -0.2) is 28.6 Å². The van der Waals surface area contributed by atoms with Crippen molar-refractivity contribution in [3.05, 3.63) is 82.1 Å². The van der Waals surface area contributed by atoms with Gasteiger partial charge in [-0.3, -0.25) is 9.59 Å². The molecule has 0 unspecified atom stereocenters. The minimum Gasteiger partial charge on any atom is -0.497 e. The van der Waals surface area contributed by atoms with Gasteiger partial charge >= 0.3 is 0 Å². The van der Waals surface area contributed by atoms with E-state index in [-0.39, 0.29) is 11.7 Å². The Morgan fingerprint density at radius 2 is 1.91 bits per heavy atom. The summed E-state index contributed by atoms with van der Waals surface area (Å²) in [6.07, 6.45) is 3.57. The molecular weight excluding hydrogens is 428 g/mol. The lowest BCUT2D eigenvalue weighted by Crippen LogP contribution is -2.32. The van der Waals surface area contributed by atoms with Crippen LogP contribution in [0.15, 0.2) is 66.0 Å². The quantitative estimate of drug-likeness (QED) is 0.597. The van der Waals surface area contributed by atoms with Gasteiger partial charge in [-0.25, -0.2) is 4.68 Å². The molecular formula is C24H21ClN4O3. The number of anilines is 2. The number of methoxy groups -OCH3 is 1. The molecule has 2 heterocycles. The number of aromatic nitrogens is 2. The van der Waals surface area contributed by atoms with Crippen LogP contribution in [0.1, 0.15) is 41.2 Å². The Labute approximate surface area is 190 Å². The average molecular weight is 449 g/mol. The molecule has 0 saturated heterocycles. The van der Waals surface area contributed by atoms with Gasteiger partial charge in [0.1, 0.15) is 23.2 Å². The van der Waals surface area contributed by atoms with Crippen molar-refractivity contribution in [3.63, 3.8) is 0 Å². The third kappa shape index (κ3) is 3.54. The molecule has 0 spiro atoms. The Balaban J connectivity index is 1.55. The van der Waals surface area contributed by atoms with Crippen LogP contribution in [0.2, 0.25) is 5.02 Å². The molecule has 1 aliphatic heterocycles. The first-order valence-corrected chi connectivity index (χ1v) is 10.7. The van der Waals surface area contributed by atoms with Crippen LogP contribution in [-0.2, 0) is 4.79 Å². The number of ether oxygens (including phenoxy) is 1. The van der Waals surface area contributed by atoms with E-state index >= 15 is 0 Å². The van der Waals surface area contributed by atoms with Gasteiger partial charge in [-0.2, -0.15) is 5.10 Å². The van der Waals surface area contributed by atoms with E-state index in [1.165, 1.54) is 6.20 Å². The second-order valence-electron chi connectivity index (χ2n) is 7.78. The van der Waals surface area contributed by atoms with Crippen molar-refractivity contribution >= 4 is 34.8 Å². The van der Waals surface area contributed by atoms with Gasteiger partial charge in [0.15, 0.2) is 5.78 Å². The molecule has 7 nitrogen and oxygen atoms in total. The molecule has 0 fully saturated rings. The molecule has 1 amide bonds. The van der Waals surface area contributed by atoms with Crippen molar-refractivity contribution in [2.75, 3.05) is 17.7 Å². The summed E-state index contributed by atoms with van der Waals surface area (Å²) < 4.78 is 7.00. The smallest absolute Gasteiger partial charge is 0.261 e. The Bertz CT molecular complexity index is 1230. The minimum absolute atomic E-state index is 0.105. The van der Waals surface area contributed by atoms with Crippen LogP contribution in [0.25, 0.3) is 0 Å². The number of rotatable bonds is 4. The SMILES string of the molecule is COc1ccc([C@@H]2C3=C(CCCC3=O)Nc3c(C(=O)Nc4ccc(Cl)cc4)cnn32)cc1. The van der Waals surface area contributed by atoms with Gasteiger partial charge in [0.2, 0.25) is 0 Å². The molecule has 3 aromatic rings. The summed E-state index contributed by atoms with van der Waals surface area (Å²) in [5.74, 6) is 1.12. The van der Waals surface area contributed by atoms with E-state index < -0.39 is 6.04 Å². The Morgan fingerprint density at radius 3 is 2.62 bits per heavy atom. The third-order valence-electron chi connectivity index (χ3n) is 5.82. The number of amides is 1. The zero-order valence-corrected chi connectivity index (χ0v) is 18.1. The van der Waals surface area contributed by atoms with Gasteiger partial charge < -0.3 is 15.4 Å². The third-order valence-corrected chi connectivity index (χ3v) is 6.07. The van der Waals surface area contributed by atoms with Crippen LogP contribution in [0.4, 0.5) is 11.5 Å². The highest BCUT2D eigenvalue weighted by Gasteiger charge is 2.37. The summed E-state index contributed by atoms with van der Waals surface area (Å²) in [6, 6.07) is 14.1. The standard InChI is InChI=1S/C24H21ClN4O3/c1-32-17-11-5-14(6-12-17)22-21-19(3-2-4-20(21)30)28-23-18(13-26-29(22)23)24(31)27-16-9-7-15(25)8-10-16/h5-13,22,28H,2-4H2,1H3,(H,27,31)/t22-/m1/s1. The molecule has 1 aromatic heterocycles. The fourth-order valence-electron chi connectivity index (χ4n) is 4.25. The maximum absolute atomic E-state index is 13.0.